The summed E-state index contributed by atoms with van der Waals surface area (Å²) in [5.74, 6) is 1.60. The topological polar surface area (TPSA) is 56.1 Å². The molecule has 3 rings (SSSR count). The zero-order chi connectivity index (χ0) is 20.1. The van der Waals surface area contributed by atoms with Crippen molar-refractivity contribution >= 4 is 5.91 Å². The van der Waals surface area contributed by atoms with Gasteiger partial charge in [-0.1, -0.05) is 36.4 Å². The summed E-state index contributed by atoms with van der Waals surface area (Å²) in [5, 5.41) is 7.42. The first kappa shape index (κ1) is 19.7. The molecule has 0 unspecified atom stereocenters. The number of rotatable bonds is 7. The van der Waals surface area contributed by atoms with Crippen molar-refractivity contribution in [2.75, 3.05) is 0 Å². The average Bonchev–Trinajstić information content (AvgIpc) is 2.92. The molecule has 3 aromatic rings. The van der Waals surface area contributed by atoms with E-state index in [0.29, 0.717) is 19.4 Å². The van der Waals surface area contributed by atoms with Crippen LogP contribution in [-0.2, 0) is 24.8 Å². The van der Waals surface area contributed by atoms with Gasteiger partial charge in [0.05, 0.1) is 5.69 Å². The molecule has 0 saturated heterocycles. The zero-order valence-corrected chi connectivity index (χ0v) is 17.0. The Morgan fingerprint density at radius 3 is 2.39 bits per heavy atom. The number of hydrogen-bond donors (Lipinski definition) is 1. The van der Waals surface area contributed by atoms with E-state index >= 15 is 0 Å². The molecule has 1 heterocycles. The Bertz CT molecular complexity index is 976. The fraction of sp³-hybridized carbons (Fsp3) is 0.304. The van der Waals surface area contributed by atoms with Crippen molar-refractivity contribution in [3.8, 4) is 11.5 Å². The smallest absolute Gasteiger partial charge is 0.220 e. The fourth-order valence-corrected chi connectivity index (χ4v) is 3.24. The van der Waals surface area contributed by atoms with Crippen LogP contribution >= 0.6 is 0 Å². The van der Waals surface area contributed by atoms with Crippen molar-refractivity contribution in [1.29, 1.82) is 0 Å². The summed E-state index contributed by atoms with van der Waals surface area (Å²) in [6.07, 6.45) is 1.13. The van der Waals surface area contributed by atoms with Gasteiger partial charge in [-0.25, -0.2) is 0 Å². The highest BCUT2D eigenvalue weighted by Gasteiger charge is 2.12. The number of nitrogens with one attached hydrogen (secondary N) is 1. The minimum atomic E-state index is 0.0216. The number of aryl methyl sites for hydroxylation is 3. The first-order valence-corrected chi connectivity index (χ1v) is 9.53. The van der Waals surface area contributed by atoms with Crippen molar-refractivity contribution < 1.29 is 9.53 Å². The Kier molecular flexibility index (Phi) is 6.14. The Hall–Kier alpha value is -3.08. The molecule has 28 heavy (non-hydrogen) atoms. The molecule has 0 radical (unpaired) electrons. The van der Waals surface area contributed by atoms with Crippen LogP contribution in [0.3, 0.4) is 0 Å². The van der Waals surface area contributed by atoms with Crippen molar-refractivity contribution in [1.82, 2.24) is 15.1 Å². The SMILES string of the molecule is Cc1ccccc1Oc1ccccc1CNC(=O)CCc1c(C)nn(C)c1C. The molecule has 0 bridgehead atoms. The molecule has 0 saturated carbocycles. The zero-order valence-electron chi connectivity index (χ0n) is 17.0. The quantitative estimate of drug-likeness (QED) is 0.664. The summed E-state index contributed by atoms with van der Waals surface area (Å²) < 4.78 is 7.94. The lowest BCUT2D eigenvalue weighted by Gasteiger charge is -2.13. The number of benzene rings is 2. The monoisotopic (exact) mass is 377 g/mol. The van der Waals surface area contributed by atoms with E-state index in [0.717, 1.165) is 39.6 Å². The molecular weight excluding hydrogens is 350 g/mol. The number of para-hydroxylation sites is 2. The number of carbonyl (C=O) groups excluding carboxylic acids is 1. The van der Waals surface area contributed by atoms with Crippen LogP contribution in [0.15, 0.2) is 48.5 Å². The molecule has 0 spiro atoms. The van der Waals surface area contributed by atoms with Gasteiger partial charge in [0.2, 0.25) is 5.91 Å². The second-order valence-electron chi connectivity index (χ2n) is 7.02. The molecule has 0 aliphatic heterocycles. The number of amides is 1. The van der Waals surface area contributed by atoms with Crippen LogP contribution in [-0.4, -0.2) is 15.7 Å². The lowest BCUT2D eigenvalue weighted by molar-refractivity contribution is -0.121. The standard InChI is InChI=1S/C23H27N3O2/c1-16-9-5-7-11-21(16)28-22-12-8-6-10-19(22)15-24-23(27)14-13-20-17(2)25-26(4)18(20)3/h5-12H,13-15H2,1-4H3,(H,24,27). The van der Waals surface area contributed by atoms with Crippen LogP contribution in [0.2, 0.25) is 0 Å². The summed E-state index contributed by atoms with van der Waals surface area (Å²) >= 11 is 0. The maximum absolute atomic E-state index is 12.4. The largest absolute Gasteiger partial charge is 0.457 e. The van der Waals surface area contributed by atoms with E-state index in [1.807, 2.05) is 81.0 Å². The van der Waals surface area contributed by atoms with Gasteiger partial charge in [-0.2, -0.15) is 5.10 Å². The molecule has 2 aromatic carbocycles. The number of ether oxygens (including phenoxy) is 1. The van der Waals surface area contributed by atoms with E-state index < -0.39 is 0 Å². The van der Waals surface area contributed by atoms with E-state index in [1.165, 1.54) is 0 Å². The number of carbonyl (C=O) groups is 1. The highest BCUT2D eigenvalue weighted by Crippen LogP contribution is 2.27. The number of aromatic nitrogens is 2. The van der Waals surface area contributed by atoms with Gasteiger partial charge in [0, 0.05) is 31.3 Å². The van der Waals surface area contributed by atoms with Gasteiger partial charge in [-0.15, -0.1) is 0 Å². The van der Waals surface area contributed by atoms with Crippen LogP contribution in [0.5, 0.6) is 11.5 Å². The van der Waals surface area contributed by atoms with E-state index in [-0.39, 0.29) is 5.91 Å². The van der Waals surface area contributed by atoms with Gasteiger partial charge in [0.25, 0.3) is 0 Å². The predicted molar refractivity (Wildman–Crippen MR) is 111 cm³/mol. The molecule has 1 amide bonds. The summed E-state index contributed by atoms with van der Waals surface area (Å²) in [4.78, 5) is 12.4. The third-order valence-electron chi connectivity index (χ3n) is 5.02. The molecule has 5 heteroatoms. The molecule has 1 aromatic heterocycles. The Morgan fingerprint density at radius 2 is 1.71 bits per heavy atom. The highest BCUT2D eigenvalue weighted by atomic mass is 16.5. The molecule has 0 aliphatic carbocycles. The minimum Gasteiger partial charge on any atom is -0.457 e. The van der Waals surface area contributed by atoms with Crippen LogP contribution in [0.4, 0.5) is 0 Å². The van der Waals surface area contributed by atoms with Crippen molar-refractivity contribution in [2.45, 2.75) is 40.2 Å². The van der Waals surface area contributed by atoms with Gasteiger partial charge in [-0.05, 0) is 50.5 Å². The van der Waals surface area contributed by atoms with E-state index in [1.54, 1.807) is 0 Å². The second-order valence-corrected chi connectivity index (χ2v) is 7.02. The van der Waals surface area contributed by atoms with Crippen LogP contribution in [0, 0.1) is 20.8 Å². The molecule has 146 valence electrons. The lowest BCUT2D eigenvalue weighted by atomic mass is 10.1. The summed E-state index contributed by atoms with van der Waals surface area (Å²) in [6.45, 7) is 6.47. The van der Waals surface area contributed by atoms with Gasteiger partial charge in [0.1, 0.15) is 11.5 Å². The van der Waals surface area contributed by atoms with Crippen molar-refractivity contribution in [2.24, 2.45) is 7.05 Å². The van der Waals surface area contributed by atoms with Gasteiger partial charge < -0.3 is 10.1 Å². The van der Waals surface area contributed by atoms with Crippen LogP contribution in [0.1, 0.15) is 34.5 Å². The lowest BCUT2D eigenvalue weighted by Crippen LogP contribution is -2.23. The van der Waals surface area contributed by atoms with E-state index in [4.69, 9.17) is 4.74 Å². The van der Waals surface area contributed by atoms with Crippen LogP contribution in [0.25, 0.3) is 0 Å². The third-order valence-corrected chi connectivity index (χ3v) is 5.02. The van der Waals surface area contributed by atoms with E-state index in [2.05, 4.69) is 10.4 Å². The summed E-state index contributed by atoms with van der Waals surface area (Å²) in [6, 6.07) is 15.7. The normalized spacial score (nSPS) is 10.7. The first-order chi connectivity index (χ1) is 13.5. The summed E-state index contributed by atoms with van der Waals surface area (Å²) in [7, 11) is 1.93. The van der Waals surface area contributed by atoms with Crippen molar-refractivity contribution in [3.63, 3.8) is 0 Å². The maximum Gasteiger partial charge on any atom is 0.220 e. The summed E-state index contributed by atoms with van der Waals surface area (Å²) in [5.41, 5.74) is 5.28. The number of hydrogen-bond acceptors (Lipinski definition) is 3. The Morgan fingerprint density at radius 1 is 1.04 bits per heavy atom. The molecule has 0 fully saturated rings. The van der Waals surface area contributed by atoms with Crippen LogP contribution < -0.4 is 10.1 Å². The molecule has 5 nitrogen and oxygen atoms in total. The Labute approximate surface area is 166 Å². The fourth-order valence-electron chi connectivity index (χ4n) is 3.24. The average molecular weight is 377 g/mol. The number of nitrogens with zero attached hydrogens (tertiary/aromatic N) is 2. The predicted octanol–water partition coefficient (Wildman–Crippen LogP) is 4.39. The highest BCUT2D eigenvalue weighted by molar-refractivity contribution is 5.76. The maximum atomic E-state index is 12.4. The first-order valence-electron chi connectivity index (χ1n) is 9.53. The molecule has 0 aliphatic rings. The van der Waals surface area contributed by atoms with Gasteiger partial charge in [0.15, 0.2) is 0 Å². The molecular formula is C23H27N3O2. The van der Waals surface area contributed by atoms with Gasteiger partial charge in [-0.3, -0.25) is 9.48 Å². The minimum absolute atomic E-state index is 0.0216. The van der Waals surface area contributed by atoms with Crippen molar-refractivity contribution in [3.05, 3.63) is 76.6 Å². The second kappa shape index (κ2) is 8.74. The Balaban J connectivity index is 1.60. The van der Waals surface area contributed by atoms with E-state index in [9.17, 15) is 4.79 Å². The van der Waals surface area contributed by atoms with Gasteiger partial charge >= 0.3 is 0 Å². The molecule has 1 N–H and O–H groups in total. The molecule has 0 atom stereocenters. The third kappa shape index (κ3) is 4.60.